The van der Waals surface area contributed by atoms with Crippen LogP contribution in [0.5, 0.6) is 0 Å². The van der Waals surface area contributed by atoms with Crippen LogP contribution in [-0.4, -0.2) is 27.2 Å². The number of thiazole rings is 1. The minimum absolute atomic E-state index is 0.0660. The van der Waals surface area contributed by atoms with Gasteiger partial charge in [-0.2, -0.15) is 5.10 Å². The Labute approximate surface area is 163 Å². The van der Waals surface area contributed by atoms with Gasteiger partial charge in [0.05, 0.1) is 16.8 Å². The highest BCUT2D eigenvalue weighted by Gasteiger charge is 2.21. The Morgan fingerprint density at radius 2 is 1.92 bits per heavy atom. The van der Waals surface area contributed by atoms with Crippen molar-refractivity contribution >= 4 is 48.5 Å². The lowest BCUT2D eigenvalue weighted by atomic mass is 10.2. The van der Waals surface area contributed by atoms with Gasteiger partial charge in [-0.05, 0) is 42.5 Å². The fourth-order valence-corrected chi connectivity index (χ4v) is 3.90. The van der Waals surface area contributed by atoms with Crippen molar-refractivity contribution in [2.75, 3.05) is 11.4 Å². The van der Waals surface area contributed by atoms with Gasteiger partial charge in [0, 0.05) is 29.0 Å². The highest BCUT2D eigenvalue weighted by molar-refractivity contribution is 9.10. The van der Waals surface area contributed by atoms with Crippen LogP contribution in [0.3, 0.4) is 0 Å². The number of para-hydroxylation sites is 1. The molecular weight excluding hydrogens is 412 g/mol. The van der Waals surface area contributed by atoms with Crippen LogP contribution in [0.2, 0.25) is 0 Å². The first-order valence-electron chi connectivity index (χ1n) is 8.11. The van der Waals surface area contributed by atoms with Crippen LogP contribution >= 0.6 is 27.3 Å². The average Bonchev–Trinajstić information content (AvgIpc) is 3.31. The van der Waals surface area contributed by atoms with E-state index in [-0.39, 0.29) is 5.91 Å². The molecular formula is C19H15BrN4OS. The van der Waals surface area contributed by atoms with Gasteiger partial charge in [0.25, 0.3) is 5.91 Å². The minimum atomic E-state index is -0.0660. The van der Waals surface area contributed by atoms with Crippen molar-refractivity contribution in [3.05, 3.63) is 77.0 Å². The predicted molar refractivity (Wildman–Crippen MR) is 108 cm³/mol. The monoisotopic (exact) mass is 426 g/mol. The Hall–Kier alpha value is -2.51. The van der Waals surface area contributed by atoms with Gasteiger partial charge >= 0.3 is 0 Å². The van der Waals surface area contributed by atoms with E-state index in [0.717, 1.165) is 14.7 Å². The van der Waals surface area contributed by atoms with Crippen molar-refractivity contribution in [1.82, 2.24) is 14.8 Å². The molecule has 0 aliphatic heterocycles. The van der Waals surface area contributed by atoms with Crippen molar-refractivity contribution in [2.45, 2.75) is 6.54 Å². The summed E-state index contributed by atoms with van der Waals surface area (Å²) < 4.78 is 3.82. The standard InChI is InChI=1S/C19H15BrN4OS/c20-15-8-6-14(7-9-15)18(25)24(13-12-23-11-3-10-21-23)19-22-16-4-1-2-5-17(16)26-19/h1-11H,12-13H2. The summed E-state index contributed by atoms with van der Waals surface area (Å²) in [7, 11) is 0. The van der Waals surface area contributed by atoms with Crippen molar-refractivity contribution < 1.29 is 4.79 Å². The molecule has 0 radical (unpaired) electrons. The zero-order valence-electron chi connectivity index (χ0n) is 13.7. The molecule has 26 heavy (non-hydrogen) atoms. The number of amides is 1. The highest BCUT2D eigenvalue weighted by Crippen LogP contribution is 2.29. The fourth-order valence-electron chi connectivity index (χ4n) is 2.64. The number of hydrogen-bond donors (Lipinski definition) is 0. The third kappa shape index (κ3) is 3.54. The molecule has 130 valence electrons. The second-order valence-electron chi connectivity index (χ2n) is 5.70. The maximum Gasteiger partial charge on any atom is 0.260 e. The second-order valence-corrected chi connectivity index (χ2v) is 7.62. The Bertz CT molecular complexity index is 994. The Balaban J connectivity index is 1.68. The summed E-state index contributed by atoms with van der Waals surface area (Å²) in [4.78, 5) is 19.5. The van der Waals surface area contributed by atoms with Crippen molar-refractivity contribution in [3.8, 4) is 0 Å². The molecule has 0 spiro atoms. The predicted octanol–water partition coefficient (Wildman–Crippen LogP) is 4.60. The van der Waals surface area contributed by atoms with Gasteiger partial charge in [-0.15, -0.1) is 0 Å². The lowest BCUT2D eigenvalue weighted by molar-refractivity contribution is 0.0986. The number of carbonyl (C=O) groups is 1. The average molecular weight is 427 g/mol. The molecule has 0 fully saturated rings. The SMILES string of the molecule is O=C(c1ccc(Br)cc1)N(CCn1cccn1)c1nc2ccccc2s1. The van der Waals surface area contributed by atoms with E-state index in [4.69, 9.17) is 0 Å². The third-order valence-electron chi connectivity index (χ3n) is 3.96. The van der Waals surface area contributed by atoms with Crippen molar-refractivity contribution in [1.29, 1.82) is 0 Å². The van der Waals surface area contributed by atoms with Gasteiger partial charge in [0.15, 0.2) is 5.13 Å². The van der Waals surface area contributed by atoms with Crippen LogP contribution in [0.15, 0.2) is 71.5 Å². The van der Waals surface area contributed by atoms with Crippen molar-refractivity contribution in [3.63, 3.8) is 0 Å². The first-order valence-corrected chi connectivity index (χ1v) is 9.72. The molecule has 5 nitrogen and oxygen atoms in total. The van der Waals surface area contributed by atoms with Gasteiger partial charge in [-0.1, -0.05) is 39.4 Å². The maximum absolute atomic E-state index is 13.1. The smallest absolute Gasteiger partial charge is 0.260 e. The molecule has 0 aliphatic carbocycles. The van der Waals surface area contributed by atoms with E-state index in [2.05, 4.69) is 26.0 Å². The fraction of sp³-hybridized carbons (Fsp3) is 0.105. The number of fused-ring (bicyclic) bond motifs is 1. The normalized spacial score (nSPS) is 11.0. The van der Waals surface area contributed by atoms with E-state index >= 15 is 0 Å². The zero-order chi connectivity index (χ0) is 17.9. The number of benzene rings is 2. The first-order chi connectivity index (χ1) is 12.7. The van der Waals surface area contributed by atoms with Gasteiger partial charge in [-0.25, -0.2) is 4.98 Å². The lowest BCUT2D eigenvalue weighted by Gasteiger charge is -2.20. The molecule has 0 saturated carbocycles. The van der Waals surface area contributed by atoms with Crippen molar-refractivity contribution in [2.24, 2.45) is 0 Å². The zero-order valence-corrected chi connectivity index (χ0v) is 16.2. The molecule has 1 amide bonds. The molecule has 0 saturated heterocycles. The summed E-state index contributed by atoms with van der Waals surface area (Å²) >= 11 is 4.93. The molecule has 7 heteroatoms. The van der Waals surface area contributed by atoms with E-state index in [9.17, 15) is 4.79 Å². The Morgan fingerprint density at radius 1 is 1.12 bits per heavy atom. The van der Waals surface area contributed by atoms with Gasteiger partial charge in [0.1, 0.15) is 0 Å². The second kappa shape index (κ2) is 7.39. The summed E-state index contributed by atoms with van der Waals surface area (Å²) in [5.74, 6) is -0.0660. The molecule has 2 aromatic carbocycles. The number of hydrogen-bond acceptors (Lipinski definition) is 4. The largest absolute Gasteiger partial charge is 0.282 e. The maximum atomic E-state index is 13.1. The molecule has 4 aromatic rings. The van der Waals surface area contributed by atoms with Gasteiger partial charge in [0.2, 0.25) is 0 Å². The molecule has 2 aromatic heterocycles. The Kier molecular flexibility index (Phi) is 4.81. The lowest BCUT2D eigenvalue weighted by Crippen LogP contribution is -2.34. The van der Waals surface area contributed by atoms with Crippen LogP contribution in [0.25, 0.3) is 10.2 Å². The van der Waals surface area contributed by atoms with Gasteiger partial charge < -0.3 is 0 Å². The molecule has 0 unspecified atom stereocenters. The first kappa shape index (κ1) is 16.9. The van der Waals surface area contributed by atoms with Crippen LogP contribution in [0.4, 0.5) is 5.13 Å². The van der Waals surface area contributed by atoms with E-state index in [1.807, 2.05) is 65.5 Å². The number of nitrogens with zero attached hydrogens (tertiary/aromatic N) is 4. The molecule has 4 rings (SSSR count). The van der Waals surface area contributed by atoms with Crippen LogP contribution in [-0.2, 0) is 6.54 Å². The quantitative estimate of drug-likeness (QED) is 0.468. The molecule has 2 heterocycles. The molecule has 0 bridgehead atoms. The Morgan fingerprint density at radius 3 is 2.65 bits per heavy atom. The third-order valence-corrected chi connectivity index (χ3v) is 5.55. The topological polar surface area (TPSA) is 51.0 Å². The summed E-state index contributed by atoms with van der Waals surface area (Å²) in [5, 5.41) is 4.92. The number of aromatic nitrogens is 3. The summed E-state index contributed by atoms with van der Waals surface area (Å²) in [6.07, 6.45) is 3.62. The molecule has 0 aliphatic rings. The number of carbonyl (C=O) groups excluding carboxylic acids is 1. The van der Waals surface area contributed by atoms with E-state index in [1.54, 1.807) is 11.1 Å². The number of halogens is 1. The number of anilines is 1. The molecule has 0 N–H and O–H groups in total. The van der Waals surface area contributed by atoms with Crippen LogP contribution in [0.1, 0.15) is 10.4 Å². The summed E-state index contributed by atoms with van der Waals surface area (Å²) in [6.45, 7) is 1.10. The summed E-state index contributed by atoms with van der Waals surface area (Å²) in [5.41, 5.74) is 1.54. The van der Waals surface area contributed by atoms with Crippen LogP contribution < -0.4 is 4.90 Å². The van der Waals surface area contributed by atoms with E-state index in [0.29, 0.717) is 23.8 Å². The van der Waals surface area contributed by atoms with E-state index < -0.39 is 0 Å². The summed E-state index contributed by atoms with van der Waals surface area (Å²) in [6, 6.07) is 17.2. The van der Waals surface area contributed by atoms with Gasteiger partial charge in [-0.3, -0.25) is 14.4 Å². The number of rotatable bonds is 5. The minimum Gasteiger partial charge on any atom is -0.282 e. The van der Waals surface area contributed by atoms with E-state index in [1.165, 1.54) is 11.3 Å². The highest BCUT2D eigenvalue weighted by atomic mass is 79.9. The van der Waals surface area contributed by atoms with Crippen LogP contribution in [0, 0.1) is 0 Å². The molecule has 0 atom stereocenters.